The number of aromatic nitrogens is 1. The number of methoxy groups -OCH3 is 1. The van der Waals surface area contributed by atoms with Gasteiger partial charge in [0.15, 0.2) is 5.13 Å². The fraction of sp³-hybridized carbons (Fsp3) is 0.533. The van der Waals surface area contributed by atoms with Crippen LogP contribution in [0, 0.1) is 0 Å². The number of nitrogens with one attached hydrogen (secondary N) is 1. The Kier molecular flexibility index (Phi) is 6.63. The predicted octanol–water partition coefficient (Wildman–Crippen LogP) is 3.36. The zero-order valence-corrected chi connectivity index (χ0v) is 14.5. The highest BCUT2D eigenvalue weighted by atomic mass is 32.1. The summed E-state index contributed by atoms with van der Waals surface area (Å²) in [6.07, 6.45) is 0. The Labute approximate surface area is 134 Å². The first-order valence-corrected chi connectivity index (χ1v) is 8.89. The SMILES string of the molecule is COCCNCc1csc(N(Cc2cccs2)C(C)C)n1. The van der Waals surface area contributed by atoms with Crippen molar-refractivity contribution in [3.63, 3.8) is 0 Å². The smallest absolute Gasteiger partial charge is 0.186 e. The third-order valence-electron chi connectivity index (χ3n) is 3.10. The fourth-order valence-corrected chi connectivity index (χ4v) is 3.60. The number of hydrogen-bond donors (Lipinski definition) is 1. The first kappa shape index (κ1) is 16.4. The lowest BCUT2D eigenvalue weighted by Gasteiger charge is -2.25. The molecular formula is C15H23N3OS2. The van der Waals surface area contributed by atoms with Gasteiger partial charge in [-0.25, -0.2) is 4.98 Å². The van der Waals surface area contributed by atoms with Gasteiger partial charge in [0.25, 0.3) is 0 Å². The van der Waals surface area contributed by atoms with Gasteiger partial charge in [0.1, 0.15) is 0 Å². The summed E-state index contributed by atoms with van der Waals surface area (Å²) in [4.78, 5) is 8.49. The molecule has 0 aromatic carbocycles. The van der Waals surface area contributed by atoms with E-state index in [2.05, 4.69) is 47.0 Å². The Hall–Kier alpha value is -0.950. The number of thiazole rings is 1. The maximum Gasteiger partial charge on any atom is 0.186 e. The summed E-state index contributed by atoms with van der Waals surface area (Å²) in [6.45, 7) is 7.74. The maximum absolute atomic E-state index is 5.03. The quantitative estimate of drug-likeness (QED) is 0.718. The van der Waals surface area contributed by atoms with Gasteiger partial charge in [-0.05, 0) is 25.3 Å². The first-order chi connectivity index (χ1) is 10.2. The van der Waals surface area contributed by atoms with E-state index in [0.29, 0.717) is 6.04 Å². The van der Waals surface area contributed by atoms with Crippen LogP contribution in [0.25, 0.3) is 0 Å². The summed E-state index contributed by atoms with van der Waals surface area (Å²) in [6, 6.07) is 4.72. The number of ether oxygens (including phenoxy) is 1. The maximum atomic E-state index is 5.03. The first-order valence-electron chi connectivity index (χ1n) is 7.13. The molecule has 0 saturated heterocycles. The van der Waals surface area contributed by atoms with E-state index in [4.69, 9.17) is 9.72 Å². The lowest BCUT2D eigenvalue weighted by molar-refractivity contribution is 0.199. The molecule has 21 heavy (non-hydrogen) atoms. The van der Waals surface area contributed by atoms with E-state index < -0.39 is 0 Å². The molecule has 6 heteroatoms. The van der Waals surface area contributed by atoms with Gasteiger partial charge in [-0.3, -0.25) is 0 Å². The Morgan fingerprint density at radius 2 is 2.24 bits per heavy atom. The van der Waals surface area contributed by atoms with Crippen LogP contribution in [0.2, 0.25) is 0 Å². The van der Waals surface area contributed by atoms with Crippen molar-refractivity contribution < 1.29 is 4.74 Å². The highest BCUT2D eigenvalue weighted by molar-refractivity contribution is 7.13. The number of anilines is 1. The molecule has 2 aromatic rings. The molecule has 0 aliphatic carbocycles. The topological polar surface area (TPSA) is 37.4 Å². The minimum Gasteiger partial charge on any atom is -0.383 e. The fourth-order valence-electron chi connectivity index (χ4n) is 1.94. The normalized spacial score (nSPS) is 11.2. The van der Waals surface area contributed by atoms with Crippen molar-refractivity contribution in [1.82, 2.24) is 10.3 Å². The summed E-state index contributed by atoms with van der Waals surface area (Å²) >= 11 is 3.52. The van der Waals surface area contributed by atoms with Crippen LogP contribution in [-0.2, 0) is 17.8 Å². The average molecular weight is 326 g/mol. The molecule has 0 saturated carbocycles. The van der Waals surface area contributed by atoms with Crippen LogP contribution in [0.3, 0.4) is 0 Å². The van der Waals surface area contributed by atoms with E-state index >= 15 is 0 Å². The second-order valence-corrected chi connectivity index (χ2v) is 6.96. The minimum absolute atomic E-state index is 0.438. The number of nitrogens with zero attached hydrogens (tertiary/aromatic N) is 2. The van der Waals surface area contributed by atoms with Crippen molar-refractivity contribution in [2.45, 2.75) is 33.0 Å². The Morgan fingerprint density at radius 1 is 1.38 bits per heavy atom. The number of thiophene rings is 1. The van der Waals surface area contributed by atoms with Gasteiger partial charge in [0.05, 0.1) is 18.8 Å². The van der Waals surface area contributed by atoms with Gasteiger partial charge in [-0.15, -0.1) is 22.7 Å². The summed E-state index contributed by atoms with van der Waals surface area (Å²) in [5.74, 6) is 0. The van der Waals surface area contributed by atoms with Crippen molar-refractivity contribution in [1.29, 1.82) is 0 Å². The van der Waals surface area contributed by atoms with Crippen LogP contribution < -0.4 is 10.2 Å². The lowest BCUT2D eigenvalue weighted by Crippen LogP contribution is -2.29. The van der Waals surface area contributed by atoms with E-state index in [1.807, 2.05) is 0 Å². The number of rotatable bonds is 9. The van der Waals surface area contributed by atoms with E-state index in [0.717, 1.165) is 37.1 Å². The van der Waals surface area contributed by atoms with Gasteiger partial charge < -0.3 is 15.0 Å². The molecule has 4 nitrogen and oxygen atoms in total. The summed E-state index contributed by atoms with van der Waals surface area (Å²) < 4.78 is 5.03. The highest BCUT2D eigenvalue weighted by Crippen LogP contribution is 2.25. The molecule has 116 valence electrons. The van der Waals surface area contributed by atoms with Gasteiger partial charge >= 0.3 is 0 Å². The third-order valence-corrected chi connectivity index (χ3v) is 4.89. The van der Waals surface area contributed by atoms with Gasteiger partial charge in [0.2, 0.25) is 0 Å². The van der Waals surface area contributed by atoms with E-state index in [9.17, 15) is 0 Å². The molecule has 0 aliphatic heterocycles. The van der Waals surface area contributed by atoms with Crippen LogP contribution in [0.4, 0.5) is 5.13 Å². The lowest BCUT2D eigenvalue weighted by atomic mass is 10.3. The van der Waals surface area contributed by atoms with Gasteiger partial charge in [-0.2, -0.15) is 0 Å². The molecular weight excluding hydrogens is 302 g/mol. The van der Waals surface area contributed by atoms with Crippen LogP contribution >= 0.6 is 22.7 Å². The second kappa shape index (κ2) is 8.48. The molecule has 0 bridgehead atoms. The summed E-state index contributed by atoms with van der Waals surface area (Å²) in [5, 5.41) is 8.70. The molecule has 0 spiro atoms. The Morgan fingerprint density at radius 3 is 2.90 bits per heavy atom. The van der Waals surface area contributed by atoms with Crippen molar-refractivity contribution in [3.05, 3.63) is 33.5 Å². The standard InChI is InChI=1S/C15H23N3OS2/c1-12(2)18(10-14-5-4-8-20-14)15-17-13(11-21-15)9-16-6-7-19-3/h4-5,8,11-12,16H,6-7,9-10H2,1-3H3. The van der Waals surface area contributed by atoms with E-state index in [1.54, 1.807) is 29.8 Å². The molecule has 0 fully saturated rings. The molecule has 0 aliphatic rings. The molecule has 2 aromatic heterocycles. The van der Waals surface area contributed by atoms with Crippen molar-refractivity contribution in [2.24, 2.45) is 0 Å². The largest absolute Gasteiger partial charge is 0.383 e. The molecule has 2 heterocycles. The van der Waals surface area contributed by atoms with Crippen molar-refractivity contribution in [2.75, 3.05) is 25.2 Å². The minimum atomic E-state index is 0.438. The van der Waals surface area contributed by atoms with Crippen molar-refractivity contribution >= 4 is 27.8 Å². The van der Waals surface area contributed by atoms with Gasteiger partial charge in [0, 0.05) is 36.5 Å². The summed E-state index contributed by atoms with van der Waals surface area (Å²) in [5.41, 5.74) is 1.10. The Bertz CT molecular complexity index is 511. The average Bonchev–Trinajstić information content (AvgIpc) is 3.12. The Balaban J connectivity index is 1.95. The molecule has 0 radical (unpaired) electrons. The second-order valence-electron chi connectivity index (χ2n) is 5.09. The zero-order chi connectivity index (χ0) is 15.1. The van der Waals surface area contributed by atoms with E-state index in [1.165, 1.54) is 4.88 Å². The third kappa shape index (κ3) is 5.07. The van der Waals surface area contributed by atoms with E-state index in [-0.39, 0.29) is 0 Å². The molecule has 0 atom stereocenters. The molecule has 1 N–H and O–H groups in total. The van der Waals surface area contributed by atoms with Crippen LogP contribution in [0.15, 0.2) is 22.9 Å². The monoisotopic (exact) mass is 325 g/mol. The van der Waals surface area contributed by atoms with Gasteiger partial charge in [-0.1, -0.05) is 6.07 Å². The van der Waals surface area contributed by atoms with Crippen LogP contribution in [0.5, 0.6) is 0 Å². The predicted molar refractivity (Wildman–Crippen MR) is 91.3 cm³/mol. The highest BCUT2D eigenvalue weighted by Gasteiger charge is 2.15. The summed E-state index contributed by atoms with van der Waals surface area (Å²) in [7, 11) is 1.72. The van der Waals surface area contributed by atoms with Crippen molar-refractivity contribution in [3.8, 4) is 0 Å². The van der Waals surface area contributed by atoms with Crippen LogP contribution in [-0.4, -0.2) is 31.3 Å². The molecule has 2 rings (SSSR count). The molecule has 0 amide bonds. The number of hydrogen-bond acceptors (Lipinski definition) is 6. The molecule has 0 unspecified atom stereocenters. The zero-order valence-electron chi connectivity index (χ0n) is 12.8. The van der Waals surface area contributed by atoms with Crippen LogP contribution in [0.1, 0.15) is 24.4 Å².